The molecule has 2 aromatic rings. The highest BCUT2D eigenvalue weighted by molar-refractivity contribution is 7.09. The summed E-state index contributed by atoms with van der Waals surface area (Å²) in [5.74, 6) is 0.892. The van der Waals surface area contributed by atoms with Crippen LogP contribution in [0.1, 0.15) is 30.5 Å². The van der Waals surface area contributed by atoms with E-state index in [-0.39, 0.29) is 0 Å². The summed E-state index contributed by atoms with van der Waals surface area (Å²) in [4.78, 5) is 9.09. The van der Waals surface area contributed by atoms with Crippen molar-refractivity contribution in [3.63, 3.8) is 0 Å². The molecule has 0 atom stereocenters. The molecule has 0 bridgehead atoms. The molecule has 0 unspecified atom stereocenters. The Morgan fingerprint density at radius 2 is 2.26 bits per heavy atom. The van der Waals surface area contributed by atoms with Gasteiger partial charge in [-0.2, -0.15) is 5.10 Å². The summed E-state index contributed by atoms with van der Waals surface area (Å²) >= 11 is 1.74. The van der Waals surface area contributed by atoms with E-state index in [1.165, 1.54) is 5.01 Å². The Balaban J connectivity index is 1.64. The van der Waals surface area contributed by atoms with Gasteiger partial charge in [-0.3, -0.25) is 9.67 Å². The molecule has 23 heavy (non-hydrogen) atoms. The first-order valence-corrected chi connectivity index (χ1v) is 9.06. The summed E-state index contributed by atoms with van der Waals surface area (Å²) in [7, 11) is 0. The Labute approximate surface area is 142 Å². The van der Waals surface area contributed by atoms with Gasteiger partial charge >= 0.3 is 0 Å². The van der Waals surface area contributed by atoms with Crippen LogP contribution in [0.3, 0.4) is 0 Å². The first kappa shape index (κ1) is 17.5. The van der Waals surface area contributed by atoms with Crippen LogP contribution in [0.5, 0.6) is 0 Å². The first-order valence-electron chi connectivity index (χ1n) is 8.18. The Morgan fingerprint density at radius 3 is 2.96 bits per heavy atom. The highest BCUT2D eigenvalue weighted by Crippen LogP contribution is 2.10. The molecule has 0 saturated heterocycles. The van der Waals surface area contributed by atoms with Crippen molar-refractivity contribution >= 4 is 17.3 Å². The monoisotopic (exact) mass is 334 g/mol. The summed E-state index contributed by atoms with van der Waals surface area (Å²) in [5.41, 5.74) is 1.12. The number of nitrogens with one attached hydrogen (secondary N) is 2. The average Bonchev–Trinajstić information content (AvgIpc) is 3.19. The smallest absolute Gasteiger partial charge is 0.191 e. The third kappa shape index (κ3) is 6.81. The maximum absolute atomic E-state index is 4.60. The van der Waals surface area contributed by atoms with Gasteiger partial charge in [-0.25, -0.2) is 4.98 Å². The van der Waals surface area contributed by atoms with Crippen LogP contribution in [0, 0.1) is 6.92 Å². The van der Waals surface area contributed by atoms with Gasteiger partial charge in [0.15, 0.2) is 5.96 Å². The zero-order valence-corrected chi connectivity index (χ0v) is 14.8. The molecule has 0 aliphatic heterocycles. The van der Waals surface area contributed by atoms with Crippen molar-refractivity contribution in [2.24, 2.45) is 4.99 Å². The minimum absolute atomic E-state index is 0.793. The zero-order valence-electron chi connectivity index (χ0n) is 14.0. The molecule has 6 nitrogen and oxygen atoms in total. The molecule has 2 aromatic heterocycles. The maximum atomic E-state index is 4.60. The van der Waals surface area contributed by atoms with Crippen molar-refractivity contribution < 1.29 is 0 Å². The zero-order chi connectivity index (χ0) is 16.3. The van der Waals surface area contributed by atoms with Crippen molar-refractivity contribution in [3.8, 4) is 0 Å². The molecule has 0 saturated carbocycles. The molecule has 2 N–H and O–H groups in total. The summed E-state index contributed by atoms with van der Waals surface area (Å²) in [5, 5.41) is 14.2. The third-order valence-electron chi connectivity index (χ3n) is 3.25. The lowest BCUT2D eigenvalue weighted by Crippen LogP contribution is -2.38. The topological polar surface area (TPSA) is 67.1 Å². The lowest BCUT2D eigenvalue weighted by Gasteiger charge is -2.10. The fourth-order valence-corrected chi connectivity index (χ4v) is 2.98. The second-order valence-corrected chi connectivity index (χ2v) is 6.24. The van der Waals surface area contributed by atoms with Crippen LogP contribution in [0.15, 0.2) is 28.8 Å². The standard InChI is InChI=1S/C16H26N6S/c1-3-17-16(19-9-5-11-22-12-6-10-20-22)18-8-4-7-15-21-14(2)13-23-15/h6,10,12-13H,3-5,7-9,11H2,1-2H3,(H2,17,18,19). The lowest BCUT2D eigenvalue weighted by atomic mass is 10.3. The number of hydrogen-bond acceptors (Lipinski definition) is 4. The van der Waals surface area contributed by atoms with E-state index in [0.29, 0.717) is 0 Å². The summed E-state index contributed by atoms with van der Waals surface area (Å²) < 4.78 is 1.94. The molecular weight excluding hydrogens is 308 g/mol. The second-order valence-electron chi connectivity index (χ2n) is 5.30. The van der Waals surface area contributed by atoms with Gasteiger partial charge in [0.05, 0.1) is 5.01 Å². The molecule has 0 aliphatic carbocycles. The van der Waals surface area contributed by atoms with Crippen LogP contribution in [0.25, 0.3) is 0 Å². The van der Waals surface area contributed by atoms with Crippen LogP contribution in [0.4, 0.5) is 0 Å². The largest absolute Gasteiger partial charge is 0.357 e. The Kier molecular flexibility index (Phi) is 7.59. The van der Waals surface area contributed by atoms with Crippen molar-refractivity contribution in [2.45, 2.75) is 39.7 Å². The predicted octanol–water partition coefficient (Wildman–Crippen LogP) is 2.23. The number of guanidine groups is 1. The highest BCUT2D eigenvalue weighted by atomic mass is 32.1. The van der Waals surface area contributed by atoms with Gasteiger partial charge in [-0.15, -0.1) is 11.3 Å². The molecule has 2 rings (SSSR count). The molecule has 0 aromatic carbocycles. The molecular formula is C16H26N6S. The molecule has 2 heterocycles. The number of rotatable bonds is 9. The summed E-state index contributed by atoms with van der Waals surface area (Å²) in [6.07, 6.45) is 6.85. The number of aryl methyl sites for hydroxylation is 3. The fraction of sp³-hybridized carbons (Fsp3) is 0.562. The second kappa shape index (κ2) is 9.99. The van der Waals surface area contributed by atoms with E-state index < -0.39 is 0 Å². The SMILES string of the molecule is CCNC(=NCCCn1cccn1)NCCCc1nc(C)cs1. The van der Waals surface area contributed by atoms with Gasteiger partial charge in [0.1, 0.15) is 0 Å². The quantitative estimate of drug-likeness (QED) is 0.419. The van der Waals surface area contributed by atoms with E-state index >= 15 is 0 Å². The summed E-state index contributed by atoms with van der Waals surface area (Å²) in [6.45, 7) is 7.59. The Hall–Kier alpha value is -1.89. The molecule has 0 aliphatic rings. The summed E-state index contributed by atoms with van der Waals surface area (Å²) in [6, 6.07) is 1.94. The minimum atomic E-state index is 0.793. The maximum Gasteiger partial charge on any atom is 0.191 e. The number of nitrogens with zero attached hydrogens (tertiary/aromatic N) is 4. The average molecular weight is 334 g/mol. The van der Waals surface area contributed by atoms with Crippen molar-refractivity contribution in [3.05, 3.63) is 34.5 Å². The van der Waals surface area contributed by atoms with E-state index in [9.17, 15) is 0 Å². The van der Waals surface area contributed by atoms with Gasteiger partial charge in [0.25, 0.3) is 0 Å². The Morgan fingerprint density at radius 1 is 1.35 bits per heavy atom. The number of thiazole rings is 1. The molecule has 0 radical (unpaired) electrons. The first-order chi connectivity index (χ1) is 11.3. The minimum Gasteiger partial charge on any atom is -0.357 e. The normalized spacial score (nSPS) is 11.7. The molecule has 7 heteroatoms. The lowest BCUT2D eigenvalue weighted by molar-refractivity contribution is 0.583. The predicted molar refractivity (Wildman–Crippen MR) is 96.0 cm³/mol. The molecule has 0 spiro atoms. The van der Waals surface area contributed by atoms with Crippen LogP contribution in [-0.4, -0.2) is 40.4 Å². The van der Waals surface area contributed by atoms with Gasteiger partial charge in [-0.05, 0) is 32.8 Å². The number of aliphatic imine (C=N–C) groups is 1. The van der Waals surface area contributed by atoms with Gasteiger partial charge in [-0.1, -0.05) is 0 Å². The fourth-order valence-electron chi connectivity index (χ4n) is 2.16. The Bertz CT molecular complexity index is 575. The molecule has 126 valence electrons. The van der Waals surface area contributed by atoms with Gasteiger partial charge < -0.3 is 10.6 Å². The number of hydrogen-bond donors (Lipinski definition) is 2. The van der Waals surface area contributed by atoms with Crippen molar-refractivity contribution in [2.75, 3.05) is 19.6 Å². The molecule has 0 amide bonds. The van der Waals surface area contributed by atoms with Crippen LogP contribution in [0.2, 0.25) is 0 Å². The van der Waals surface area contributed by atoms with E-state index in [0.717, 1.165) is 57.1 Å². The van der Waals surface area contributed by atoms with Crippen molar-refractivity contribution in [1.82, 2.24) is 25.4 Å². The van der Waals surface area contributed by atoms with E-state index in [1.54, 1.807) is 17.5 Å². The molecule has 0 fully saturated rings. The van der Waals surface area contributed by atoms with E-state index in [1.807, 2.05) is 23.9 Å². The van der Waals surface area contributed by atoms with Crippen LogP contribution < -0.4 is 10.6 Å². The van der Waals surface area contributed by atoms with E-state index in [2.05, 4.69) is 38.0 Å². The third-order valence-corrected chi connectivity index (χ3v) is 4.27. The van der Waals surface area contributed by atoms with Crippen molar-refractivity contribution in [1.29, 1.82) is 0 Å². The van der Waals surface area contributed by atoms with E-state index in [4.69, 9.17) is 0 Å². The van der Waals surface area contributed by atoms with Gasteiger partial charge in [0.2, 0.25) is 0 Å². The highest BCUT2D eigenvalue weighted by Gasteiger charge is 2.00. The van der Waals surface area contributed by atoms with Gasteiger partial charge in [0, 0.05) is 56.1 Å². The van der Waals surface area contributed by atoms with Crippen LogP contribution >= 0.6 is 11.3 Å². The van der Waals surface area contributed by atoms with Crippen LogP contribution in [-0.2, 0) is 13.0 Å². The number of aromatic nitrogens is 3.